The number of para-hydroxylation sites is 1. The number of amides is 3. The molecule has 8 nitrogen and oxygen atoms in total. The van der Waals surface area contributed by atoms with Gasteiger partial charge < -0.3 is 5.32 Å². The summed E-state index contributed by atoms with van der Waals surface area (Å²) < 4.78 is 3.86. The number of carbonyl (C=O) groups is 2. The predicted octanol–water partition coefficient (Wildman–Crippen LogP) is 1.96. The zero-order valence-electron chi connectivity index (χ0n) is 15.3. The minimum Gasteiger partial charge on any atom is -0.381 e. The van der Waals surface area contributed by atoms with E-state index in [-0.39, 0.29) is 11.9 Å². The summed E-state index contributed by atoms with van der Waals surface area (Å²) in [6, 6.07) is 6.61. The van der Waals surface area contributed by atoms with Crippen molar-refractivity contribution in [1.82, 2.24) is 14.4 Å². The molecule has 1 N–H and O–H groups in total. The van der Waals surface area contributed by atoms with Crippen LogP contribution in [0.25, 0.3) is 0 Å². The van der Waals surface area contributed by atoms with E-state index in [4.69, 9.17) is 11.6 Å². The van der Waals surface area contributed by atoms with Crippen molar-refractivity contribution < 1.29 is 14.2 Å². The van der Waals surface area contributed by atoms with Gasteiger partial charge >= 0.3 is 12.0 Å². The number of imidazole rings is 1. The highest BCUT2D eigenvalue weighted by atomic mass is 35.5. The quantitative estimate of drug-likeness (QED) is 0.815. The van der Waals surface area contributed by atoms with Crippen LogP contribution in [0.15, 0.2) is 35.5 Å². The third-order valence-corrected chi connectivity index (χ3v) is 5.30. The summed E-state index contributed by atoms with van der Waals surface area (Å²) >= 11 is 6.18. The average Bonchev–Trinajstić information content (AvgIpc) is 3.15. The van der Waals surface area contributed by atoms with Gasteiger partial charge in [-0.1, -0.05) is 28.7 Å². The van der Waals surface area contributed by atoms with Gasteiger partial charge in [0.25, 0.3) is 5.91 Å². The van der Waals surface area contributed by atoms with Gasteiger partial charge in [-0.25, -0.2) is 13.9 Å². The first-order valence-electron chi connectivity index (χ1n) is 8.63. The summed E-state index contributed by atoms with van der Waals surface area (Å²) in [6.45, 7) is 3.26. The molecule has 1 aromatic carbocycles. The van der Waals surface area contributed by atoms with E-state index in [0.29, 0.717) is 29.9 Å². The Morgan fingerprint density at radius 3 is 2.70 bits per heavy atom. The number of amidine groups is 1. The number of hydrogen-bond acceptors (Lipinski definition) is 4. The Kier molecular flexibility index (Phi) is 4.15. The molecule has 27 heavy (non-hydrogen) atoms. The van der Waals surface area contributed by atoms with Gasteiger partial charge in [-0.15, -0.1) is 0 Å². The highest BCUT2D eigenvalue weighted by Gasteiger charge is 2.52. The molecule has 0 spiro atoms. The first kappa shape index (κ1) is 17.5. The van der Waals surface area contributed by atoms with Gasteiger partial charge in [-0.05, 0) is 19.1 Å². The van der Waals surface area contributed by atoms with Crippen LogP contribution in [0, 0.1) is 6.92 Å². The Morgan fingerprint density at radius 1 is 1.22 bits per heavy atom. The van der Waals surface area contributed by atoms with Crippen LogP contribution in [0.5, 0.6) is 0 Å². The molecule has 3 heterocycles. The zero-order valence-corrected chi connectivity index (χ0v) is 16.1. The number of fused-ring (bicyclic) bond motifs is 3. The Labute approximate surface area is 161 Å². The van der Waals surface area contributed by atoms with Crippen LogP contribution in [0.4, 0.5) is 16.4 Å². The smallest absolute Gasteiger partial charge is 0.381 e. The maximum atomic E-state index is 12.6. The van der Waals surface area contributed by atoms with Gasteiger partial charge in [-0.2, -0.15) is 0 Å². The summed E-state index contributed by atoms with van der Waals surface area (Å²) in [4.78, 5) is 32.0. The Hall–Kier alpha value is -2.87. The highest BCUT2D eigenvalue weighted by molar-refractivity contribution is 6.33. The summed E-state index contributed by atoms with van der Waals surface area (Å²) in [6.07, 6.45) is 1.90. The Balaban J connectivity index is 1.60. The molecule has 0 radical (unpaired) electrons. The number of halogens is 1. The maximum Gasteiger partial charge on any atom is 0.401 e. The van der Waals surface area contributed by atoms with Crippen molar-refractivity contribution in [3.05, 3.63) is 41.2 Å². The number of rotatable bonds is 4. The van der Waals surface area contributed by atoms with E-state index < -0.39 is 6.04 Å². The molecule has 1 fully saturated rings. The fraction of sp³-hybridized carbons (Fsp3) is 0.333. The van der Waals surface area contributed by atoms with Crippen molar-refractivity contribution in [3.8, 4) is 0 Å². The SMILES string of the molecule is Cc1c[n+]2c(n1CCNc1ccccc1Cl)N=C1C2C(=O)N(C)C(=O)N1C. The first-order valence-corrected chi connectivity index (χ1v) is 9.01. The van der Waals surface area contributed by atoms with Gasteiger partial charge in [0.05, 0.1) is 17.3 Å². The topological polar surface area (TPSA) is 73.8 Å². The second kappa shape index (κ2) is 6.38. The summed E-state index contributed by atoms with van der Waals surface area (Å²) in [5.74, 6) is 0.856. The molecular formula is C18H20ClN6O2+. The Morgan fingerprint density at radius 2 is 1.96 bits per heavy atom. The van der Waals surface area contributed by atoms with E-state index in [9.17, 15) is 9.59 Å². The van der Waals surface area contributed by atoms with Crippen LogP contribution in [-0.2, 0) is 11.3 Å². The van der Waals surface area contributed by atoms with Gasteiger partial charge in [0.15, 0.2) is 0 Å². The number of likely N-dealkylation sites (N-methyl/N-ethyl adjacent to an activating group) is 2. The van der Waals surface area contributed by atoms with Crippen molar-refractivity contribution in [1.29, 1.82) is 0 Å². The first-order chi connectivity index (χ1) is 12.9. The lowest BCUT2D eigenvalue weighted by molar-refractivity contribution is -0.677. The molecule has 4 rings (SSSR count). The number of urea groups is 1. The number of nitrogens with zero attached hydrogens (tertiary/aromatic N) is 5. The molecule has 3 amide bonds. The second-order valence-corrected chi connectivity index (χ2v) is 7.05. The van der Waals surface area contributed by atoms with Gasteiger partial charge in [0.2, 0.25) is 11.9 Å². The number of nitrogens with one attached hydrogen (secondary N) is 1. The number of anilines is 1. The number of carbonyl (C=O) groups excluding carboxylic acids is 2. The van der Waals surface area contributed by atoms with E-state index in [1.54, 1.807) is 7.05 Å². The van der Waals surface area contributed by atoms with Gasteiger partial charge in [-0.3, -0.25) is 14.6 Å². The molecule has 2 aromatic rings. The number of benzene rings is 1. The standard InChI is InChI=1S/C18H20ClN6O2/c1-11-10-25-14-15(22(2)18(27)23(3)16(14)26)21-17(25)24(11)9-8-20-13-7-5-4-6-12(13)19/h4-7,10,14,20H,8-9H2,1-3H3/q+1. The van der Waals surface area contributed by atoms with E-state index in [1.165, 1.54) is 11.9 Å². The molecule has 0 bridgehead atoms. The van der Waals surface area contributed by atoms with Crippen LogP contribution >= 0.6 is 11.6 Å². The molecule has 1 unspecified atom stereocenters. The van der Waals surface area contributed by atoms with Crippen molar-refractivity contribution in [3.63, 3.8) is 0 Å². The lowest BCUT2D eigenvalue weighted by Crippen LogP contribution is -2.61. The van der Waals surface area contributed by atoms with Crippen LogP contribution in [-0.4, -0.2) is 52.8 Å². The number of aromatic nitrogens is 2. The fourth-order valence-electron chi connectivity index (χ4n) is 3.49. The number of imide groups is 1. The molecule has 2 aliphatic heterocycles. The van der Waals surface area contributed by atoms with Crippen molar-refractivity contribution >= 4 is 41.0 Å². The second-order valence-electron chi connectivity index (χ2n) is 6.65. The summed E-state index contributed by atoms with van der Waals surface area (Å²) in [5, 5.41) is 3.98. The summed E-state index contributed by atoms with van der Waals surface area (Å²) in [7, 11) is 3.13. The van der Waals surface area contributed by atoms with E-state index >= 15 is 0 Å². The Bertz CT molecular complexity index is 982. The third kappa shape index (κ3) is 2.68. The van der Waals surface area contributed by atoms with E-state index in [0.717, 1.165) is 16.3 Å². The van der Waals surface area contributed by atoms with Crippen molar-refractivity contribution in [2.24, 2.45) is 4.99 Å². The van der Waals surface area contributed by atoms with Crippen LogP contribution in [0.1, 0.15) is 11.7 Å². The highest BCUT2D eigenvalue weighted by Crippen LogP contribution is 2.28. The zero-order chi connectivity index (χ0) is 19.3. The minimum atomic E-state index is -0.593. The normalized spacial score (nSPS) is 18.5. The number of hydrogen-bond donors (Lipinski definition) is 1. The average molecular weight is 388 g/mol. The van der Waals surface area contributed by atoms with Gasteiger partial charge in [0.1, 0.15) is 11.9 Å². The summed E-state index contributed by atoms with van der Waals surface area (Å²) in [5.41, 5.74) is 1.86. The fourth-order valence-corrected chi connectivity index (χ4v) is 3.70. The molecule has 0 aliphatic carbocycles. The number of aryl methyl sites for hydroxylation is 1. The molecule has 0 saturated carbocycles. The minimum absolute atomic E-state index is 0.271. The van der Waals surface area contributed by atoms with Crippen LogP contribution < -0.4 is 9.88 Å². The van der Waals surface area contributed by atoms with Crippen LogP contribution in [0.3, 0.4) is 0 Å². The van der Waals surface area contributed by atoms with E-state index in [2.05, 4.69) is 10.3 Å². The van der Waals surface area contributed by atoms with Gasteiger partial charge in [0, 0.05) is 20.6 Å². The monoisotopic (exact) mass is 387 g/mol. The maximum absolute atomic E-state index is 12.6. The molecule has 1 atom stereocenters. The van der Waals surface area contributed by atoms with Crippen LogP contribution in [0.2, 0.25) is 5.02 Å². The predicted molar refractivity (Wildman–Crippen MR) is 101 cm³/mol. The molecule has 2 aliphatic rings. The number of aliphatic imine (C=N–C) groups is 1. The van der Waals surface area contributed by atoms with Crippen molar-refractivity contribution in [2.45, 2.75) is 19.5 Å². The molecule has 1 aromatic heterocycles. The molecule has 140 valence electrons. The lowest BCUT2D eigenvalue weighted by atomic mass is 10.2. The molecular weight excluding hydrogens is 368 g/mol. The third-order valence-electron chi connectivity index (χ3n) is 4.97. The van der Waals surface area contributed by atoms with Crippen molar-refractivity contribution in [2.75, 3.05) is 26.0 Å². The van der Waals surface area contributed by atoms with E-state index in [1.807, 2.05) is 46.5 Å². The largest absolute Gasteiger partial charge is 0.401 e. The molecule has 1 saturated heterocycles. The molecule has 9 heteroatoms. The lowest BCUT2D eigenvalue weighted by Gasteiger charge is -2.30.